The van der Waals surface area contributed by atoms with Crippen LogP contribution < -0.4 is 14.8 Å². The molecule has 2 aliphatic heterocycles. The maximum Gasteiger partial charge on any atom is 0.162 e. The first-order valence-electron chi connectivity index (χ1n) is 10.1. The molecule has 5 rings (SSSR count). The van der Waals surface area contributed by atoms with Crippen LogP contribution in [0.25, 0.3) is 16.9 Å². The molecule has 28 heavy (non-hydrogen) atoms. The Balaban J connectivity index is 1.59. The second-order valence-corrected chi connectivity index (χ2v) is 7.58. The maximum atomic E-state index is 5.81. The quantitative estimate of drug-likeness (QED) is 0.760. The normalized spacial score (nSPS) is 17.6. The summed E-state index contributed by atoms with van der Waals surface area (Å²) in [5.74, 6) is 1.62. The van der Waals surface area contributed by atoms with Gasteiger partial charge in [-0.05, 0) is 62.3 Å². The van der Waals surface area contributed by atoms with E-state index in [-0.39, 0.29) is 0 Å². The molecule has 0 unspecified atom stereocenters. The molecule has 0 aliphatic carbocycles. The number of aryl methyl sites for hydroxylation is 1. The molecule has 0 spiro atoms. The molecule has 0 atom stereocenters. The zero-order valence-electron chi connectivity index (χ0n) is 16.3. The lowest BCUT2D eigenvalue weighted by molar-refractivity contribution is 0.171. The van der Waals surface area contributed by atoms with E-state index < -0.39 is 0 Å². The number of hydrogen-bond acceptors (Lipinski definition) is 5. The highest BCUT2D eigenvalue weighted by Gasteiger charge is 2.20. The molecule has 6 heteroatoms. The van der Waals surface area contributed by atoms with Crippen LogP contribution in [0.15, 0.2) is 36.5 Å². The zero-order chi connectivity index (χ0) is 18.9. The number of rotatable bonds is 3. The Kier molecular flexibility index (Phi) is 4.66. The van der Waals surface area contributed by atoms with Gasteiger partial charge in [-0.1, -0.05) is 0 Å². The van der Waals surface area contributed by atoms with Crippen molar-refractivity contribution in [3.63, 3.8) is 0 Å². The van der Waals surface area contributed by atoms with Crippen LogP contribution in [-0.2, 0) is 6.54 Å². The van der Waals surface area contributed by atoms with Crippen molar-refractivity contribution in [2.45, 2.75) is 19.9 Å². The topological polar surface area (TPSA) is 51.0 Å². The smallest absolute Gasteiger partial charge is 0.162 e. The van der Waals surface area contributed by atoms with Crippen molar-refractivity contribution in [1.29, 1.82) is 0 Å². The summed E-state index contributed by atoms with van der Waals surface area (Å²) in [6, 6.07) is 10.5. The van der Waals surface area contributed by atoms with Crippen molar-refractivity contribution in [3.05, 3.63) is 47.8 Å². The van der Waals surface area contributed by atoms with Gasteiger partial charge in [0, 0.05) is 31.4 Å². The van der Waals surface area contributed by atoms with Gasteiger partial charge in [-0.2, -0.15) is 0 Å². The fourth-order valence-corrected chi connectivity index (χ4v) is 4.04. The van der Waals surface area contributed by atoms with Crippen LogP contribution in [0.1, 0.15) is 17.7 Å². The van der Waals surface area contributed by atoms with Gasteiger partial charge in [-0.15, -0.1) is 0 Å². The molecule has 0 radical (unpaired) electrons. The zero-order valence-corrected chi connectivity index (χ0v) is 16.3. The molecule has 1 fully saturated rings. The van der Waals surface area contributed by atoms with Crippen molar-refractivity contribution in [3.8, 4) is 22.8 Å². The van der Waals surface area contributed by atoms with Crippen LogP contribution in [0, 0.1) is 6.92 Å². The summed E-state index contributed by atoms with van der Waals surface area (Å²) in [6.07, 6.45) is 3.32. The van der Waals surface area contributed by atoms with E-state index in [0.29, 0.717) is 13.2 Å². The fourth-order valence-electron chi connectivity index (χ4n) is 4.04. The first-order chi connectivity index (χ1) is 13.8. The average molecular weight is 378 g/mol. The minimum absolute atomic E-state index is 0.592. The van der Waals surface area contributed by atoms with Gasteiger partial charge in [-0.3, -0.25) is 4.90 Å². The Morgan fingerprint density at radius 3 is 2.86 bits per heavy atom. The number of hydrogen-bond donors (Lipinski definition) is 1. The molecule has 0 amide bonds. The third-order valence-corrected chi connectivity index (χ3v) is 5.50. The fraction of sp³-hybridized carbons (Fsp3) is 0.409. The van der Waals surface area contributed by atoms with Gasteiger partial charge in [0.1, 0.15) is 18.9 Å². The van der Waals surface area contributed by atoms with Gasteiger partial charge < -0.3 is 19.2 Å². The second kappa shape index (κ2) is 7.45. The average Bonchev–Trinajstić information content (AvgIpc) is 2.88. The number of pyridine rings is 1. The highest BCUT2D eigenvalue weighted by molar-refractivity contribution is 5.70. The molecule has 3 aromatic rings. The van der Waals surface area contributed by atoms with E-state index in [2.05, 4.69) is 52.0 Å². The lowest BCUT2D eigenvalue weighted by atomic mass is 10.1. The van der Waals surface area contributed by atoms with Crippen LogP contribution in [-0.4, -0.2) is 53.7 Å². The Bertz CT molecular complexity index is 990. The van der Waals surface area contributed by atoms with Crippen molar-refractivity contribution in [1.82, 2.24) is 19.6 Å². The van der Waals surface area contributed by atoms with E-state index in [1.54, 1.807) is 0 Å². The first-order valence-corrected chi connectivity index (χ1v) is 10.1. The number of nitrogens with zero attached hydrogens (tertiary/aromatic N) is 3. The van der Waals surface area contributed by atoms with Gasteiger partial charge in [0.25, 0.3) is 0 Å². The first kappa shape index (κ1) is 17.5. The standard InChI is InChI=1S/C22H26N4O2/c1-16-5-9-26-18(15-25-8-2-6-23-7-10-25)22(24-21(26)13-16)17-3-4-19-20(14-17)28-12-11-27-19/h3-5,9,13-14,23H,2,6-8,10-12,15H2,1H3. The molecule has 2 aliphatic rings. The maximum absolute atomic E-state index is 5.81. The molecule has 6 nitrogen and oxygen atoms in total. The molecule has 1 N–H and O–H groups in total. The number of nitrogens with one attached hydrogen (secondary N) is 1. The molecular formula is C22H26N4O2. The molecule has 146 valence electrons. The lowest BCUT2D eigenvalue weighted by Crippen LogP contribution is -2.28. The predicted molar refractivity (Wildman–Crippen MR) is 109 cm³/mol. The summed E-state index contributed by atoms with van der Waals surface area (Å²) in [7, 11) is 0. The Morgan fingerprint density at radius 1 is 1.04 bits per heavy atom. The molecule has 1 saturated heterocycles. The minimum atomic E-state index is 0.592. The second-order valence-electron chi connectivity index (χ2n) is 7.58. The Morgan fingerprint density at radius 2 is 1.93 bits per heavy atom. The third kappa shape index (κ3) is 3.34. The lowest BCUT2D eigenvalue weighted by Gasteiger charge is -2.21. The summed E-state index contributed by atoms with van der Waals surface area (Å²) in [5, 5.41) is 3.49. The van der Waals surface area contributed by atoms with Crippen LogP contribution in [0.3, 0.4) is 0 Å². The summed E-state index contributed by atoms with van der Waals surface area (Å²) in [6.45, 7) is 8.48. The van der Waals surface area contributed by atoms with Gasteiger partial charge in [0.2, 0.25) is 0 Å². The third-order valence-electron chi connectivity index (χ3n) is 5.50. The summed E-state index contributed by atoms with van der Waals surface area (Å²) < 4.78 is 13.7. The SMILES string of the molecule is Cc1ccn2c(CN3CCCNCC3)c(-c3ccc4c(c3)OCCO4)nc2c1. The van der Waals surface area contributed by atoms with E-state index in [1.165, 1.54) is 17.7 Å². The van der Waals surface area contributed by atoms with Crippen LogP contribution in [0.5, 0.6) is 11.5 Å². The highest BCUT2D eigenvalue weighted by atomic mass is 16.6. The summed E-state index contributed by atoms with van der Waals surface area (Å²) >= 11 is 0. The molecule has 0 saturated carbocycles. The molecule has 2 aromatic heterocycles. The van der Waals surface area contributed by atoms with E-state index in [4.69, 9.17) is 14.5 Å². The molecule has 1 aromatic carbocycles. The van der Waals surface area contributed by atoms with E-state index in [9.17, 15) is 0 Å². The van der Waals surface area contributed by atoms with E-state index in [1.807, 2.05) is 6.07 Å². The van der Waals surface area contributed by atoms with Gasteiger partial charge in [-0.25, -0.2) is 4.98 Å². The van der Waals surface area contributed by atoms with Gasteiger partial charge in [0.05, 0.1) is 11.4 Å². The van der Waals surface area contributed by atoms with Crippen LogP contribution in [0.2, 0.25) is 0 Å². The highest BCUT2D eigenvalue weighted by Crippen LogP contribution is 2.36. The number of ether oxygens (including phenoxy) is 2. The monoisotopic (exact) mass is 378 g/mol. The number of fused-ring (bicyclic) bond motifs is 2. The predicted octanol–water partition coefficient (Wildman–Crippen LogP) is 2.88. The van der Waals surface area contributed by atoms with Gasteiger partial charge >= 0.3 is 0 Å². The van der Waals surface area contributed by atoms with Crippen LogP contribution >= 0.6 is 0 Å². The summed E-state index contributed by atoms with van der Waals surface area (Å²) in [5.41, 5.74) is 5.55. The van der Waals surface area contributed by atoms with Crippen molar-refractivity contribution in [2.75, 3.05) is 39.4 Å². The molecule has 0 bridgehead atoms. The Labute approximate surface area is 165 Å². The molecular weight excluding hydrogens is 352 g/mol. The van der Waals surface area contributed by atoms with Crippen molar-refractivity contribution < 1.29 is 9.47 Å². The number of aromatic nitrogens is 2. The number of imidazole rings is 1. The minimum Gasteiger partial charge on any atom is -0.486 e. The van der Waals surface area contributed by atoms with E-state index >= 15 is 0 Å². The Hall–Kier alpha value is -2.57. The van der Waals surface area contributed by atoms with Crippen LogP contribution in [0.4, 0.5) is 0 Å². The summed E-state index contributed by atoms with van der Waals surface area (Å²) in [4.78, 5) is 7.52. The largest absolute Gasteiger partial charge is 0.486 e. The number of benzene rings is 1. The van der Waals surface area contributed by atoms with Gasteiger partial charge in [0.15, 0.2) is 11.5 Å². The van der Waals surface area contributed by atoms with E-state index in [0.717, 1.165) is 61.1 Å². The van der Waals surface area contributed by atoms with Crippen molar-refractivity contribution in [2.24, 2.45) is 0 Å². The molecule has 4 heterocycles. The van der Waals surface area contributed by atoms with Crippen molar-refractivity contribution >= 4 is 5.65 Å².